The van der Waals surface area contributed by atoms with Crippen molar-refractivity contribution in [3.8, 4) is 0 Å². The summed E-state index contributed by atoms with van der Waals surface area (Å²) in [5, 5.41) is 0. The largest absolute Gasteiger partial charge is 0.377 e. The molecule has 0 aromatic rings. The van der Waals surface area contributed by atoms with Crippen molar-refractivity contribution in [2.75, 3.05) is 13.2 Å². The highest BCUT2D eigenvalue weighted by Crippen LogP contribution is 1.98. The lowest BCUT2D eigenvalue weighted by molar-refractivity contribution is 0.149. The monoisotopic (exact) mass is 158 g/mol. The quantitative estimate of drug-likeness (QED) is 0.345. The first-order valence-corrected chi connectivity index (χ1v) is 3.96. The van der Waals surface area contributed by atoms with Gasteiger partial charge in [-0.25, -0.2) is 0 Å². The van der Waals surface area contributed by atoms with E-state index < -0.39 is 0 Å². The summed E-state index contributed by atoms with van der Waals surface area (Å²) in [4.78, 5) is 0. The molecule has 0 bridgehead atoms. The van der Waals surface area contributed by atoms with Gasteiger partial charge in [-0.05, 0) is 18.4 Å². The molecule has 0 aliphatic rings. The Hall–Kier alpha value is -0.540. The van der Waals surface area contributed by atoms with Crippen molar-refractivity contribution in [1.29, 1.82) is 0 Å². The van der Waals surface area contributed by atoms with E-state index in [1.54, 1.807) is 6.20 Å². The average Bonchev–Trinajstić information content (AvgIpc) is 1.96. The first-order valence-electron chi connectivity index (χ1n) is 3.96. The van der Waals surface area contributed by atoms with E-state index in [2.05, 4.69) is 19.3 Å². The maximum atomic E-state index is 5.26. The third-order valence-electron chi connectivity index (χ3n) is 1.27. The van der Waals surface area contributed by atoms with Crippen LogP contribution in [0, 0.1) is 5.92 Å². The summed E-state index contributed by atoms with van der Waals surface area (Å²) >= 11 is 0. The highest BCUT2D eigenvalue weighted by molar-refractivity contribution is 4.76. The molecule has 0 amide bonds. The molecule has 0 aromatic carbocycles. The van der Waals surface area contributed by atoms with Crippen LogP contribution < -0.4 is 11.3 Å². The van der Waals surface area contributed by atoms with E-state index in [4.69, 9.17) is 10.6 Å². The normalized spacial score (nSPS) is 11.3. The third kappa shape index (κ3) is 9.46. The van der Waals surface area contributed by atoms with Gasteiger partial charge in [-0.15, -0.1) is 0 Å². The molecule has 3 nitrogen and oxygen atoms in total. The van der Waals surface area contributed by atoms with Gasteiger partial charge in [-0.1, -0.05) is 13.8 Å². The maximum absolute atomic E-state index is 5.26. The molecule has 11 heavy (non-hydrogen) atoms. The van der Waals surface area contributed by atoms with Crippen LogP contribution >= 0.6 is 0 Å². The van der Waals surface area contributed by atoms with Crippen LogP contribution in [0.5, 0.6) is 0 Å². The van der Waals surface area contributed by atoms with Gasteiger partial charge in [0.15, 0.2) is 0 Å². The lowest BCUT2D eigenvalue weighted by atomic mass is 10.1. The van der Waals surface area contributed by atoms with E-state index in [0.29, 0.717) is 12.5 Å². The van der Waals surface area contributed by atoms with E-state index in [-0.39, 0.29) is 0 Å². The topological polar surface area (TPSA) is 47.3 Å². The third-order valence-corrected chi connectivity index (χ3v) is 1.27. The van der Waals surface area contributed by atoms with Crippen LogP contribution in [-0.4, -0.2) is 13.2 Å². The van der Waals surface area contributed by atoms with E-state index >= 15 is 0 Å². The van der Waals surface area contributed by atoms with Crippen molar-refractivity contribution < 1.29 is 4.74 Å². The SMILES string of the molecule is CC(C)CCOC/C=C/NN. The van der Waals surface area contributed by atoms with E-state index in [1.165, 1.54) is 0 Å². The standard InChI is InChI=1S/C8H18N2O/c1-8(2)4-7-11-6-3-5-10-9/h3,5,8,10H,4,6-7,9H2,1-2H3/b5-3+. The average molecular weight is 158 g/mol. The number of nitrogens with two attached hydrogens (primary N) is 1. The van der Waals surface area contributed by atoms with Gasteiger partial charge < -0.3 is 10.2 Å². The highest BCUT2D eigenvalue weighted by atomic mass is 16.5. The fourth-order valence-corrected chi connectivity index (χ4v) is 0.587. The Morgan fingerprint density at radius 1 is 1.55 bits per heavy atom. The van der Waals surface area contributed by atoms with Gasteiger partial charge in [-0.2, -0.15) is 0 Å². The molecule has 0 atom stereocenters. The van der Waals surface area contributed by atoms with Crippen molar-refractivity contribution >= 4 is 0 Å². The second-order valence-electron chi connectivity index (χ2n) is 2.83. The molecule has 3 heteroatoms. The van der Waals surface area contributed by atoms with Crippen molar-refractivity contribution in [3.05, 3.63) is 12.3 Å². The van der Waals surface area contributed by atoms with Crippen LogP contribution in [0.4, 0.5) is 0 Å². The van der Waals surface area contributed by atoms with Gasteiger partial charge in [0.25, 0.3) is 0 Å². The molecule has 0 aromatic heterocycles. The Morgan fingerprint density at radius 3 is 2.82 bits per heavy atom. The van der Waals surface area contributed by atoms with Crippen molar-refractivity contribution in [2.45, 2.75) is 20.3 Å². The molecule has 0 radical (unpaired) electrons. The minimum absolute atomic E-state index is 0.636. The molecule has 66 valence electrons. The predicted octanol–water partition coefficient (Wildman–Crippen LogP) is 1.03. The van der Waals surface area contributed by atoms with E-state index in [0.717, 1.165) is 13.0 Å². The van der Waals surface area contributed by atoms with Gasteiger partial charge in [0.2, 0.25) is 0 Å². The predicted molar refractivity (Wildman–Crippen MR) is 46.7 cm³/mol. The molecular formula is C8H18N2O. The molecule has 0 heterocycles. The van der Waals surface area contributed by atoms with Crippen molar-refractivity contribution in [2.24, 2.45) is 11.8 Å². The number of hydrazine groups is 1. The minimum atomic E-state index is 0.636. The van der Waals surface area contributed by atoms with Gasteiger partial charge >= 0.3 is 0 Å². The summed E-state index contributed by atoms with van der Waals surface area (Å²) in [6.45, 7) is 5.82. The van der Waals surface area contributed by atoms with Crippen LogP contribution in [0.1, 0.15) is 20.3 Å². The Labute approximate surface area is 68.6 Å². The fourth-order valence-electron chi connectivity index (χ4n) is 0.587. The van der Waals surface area contributed by atoms with Crippen LogP contribution in [0.25, 0.3) is 0 Å². The Bertz CT molecular complexity index is 102. The zero-order chi connectivity index (χ0) is 8.53. The number of hydrogen-bond donors (Lipinski definition) is 2. The zero-order valence-electron chi connectivity index (χ0n) is 7.34. The van der Waals surface area contributed by atoms with Crippen LogP contribution in [-0.2, 0) is 4.74 Å². The van der Waals surface area contributed by atoms with Gasteiger partial charge in [0.05, 0.1) is 6.61 Å². The molecule has 0 aliphatic heterocycles. The van der Waals surface area contributed by atoms with Crippen LogP contribution in [0.2, 0.25) is 0 Å². The molecule has 0 spiro atoms. The number of ether oxygens (including phenoxy) is 1. The lowest BCUT2D eigenvalue weighted by Crippen LogP contribution is -2.13. The Morgan fingerprint density at radius 2 is 2.27 bits per heavy atom. The fraction of sp³-hybridized carbons (Fsp3) is 0.750. The second-order valence-corrected chi connectivity index (χ2v) is 2.83. The number of hydrogen-bond acceptors (Lipinski definition) is 3. The highest BCUT2D eigenvalue weighted by Gasteiger charge is 1.91. The zero-order valence-corrected chi connectivity index (χ0v) is 7.34. The summed E-state index contributed by atoms with van der Waals surface area (Å²) in [6.07, 6.45) is 4.62. The first kappa shape index (κ1) is 10.5. The molecule has 0 fully saturated rings. The molecule has 3 N–H and O–H groups in total. The minimum Gasteiger partial charge on any atom is -0.377 e. The molecule has 0 saturated carbocycles. The van der Waals surface area contributed by atoms with Crippen molar-refractivity contribution in [3.63, 3.8) is 0 Å². The van der Waals surface area contributed by atoms with E-state index in [9.17, 15) is 0 Å². The molecule has 0 saturated heterocycles. The molecule has 0 unspecified atom stereocenters. The Kier molecular flexibility index (Phi) is 7.19. The second kappa shape index (κ2) is 7.57. The van der Waals surface area contributed by atoms with E-state index in [1.807, 2.05) is 6.08 Å². The molecular weight excluding hydrogens is 140 g/mol. The van der Waals surface area contributed by atoms with Gasteiger partial charge in [-0.3, -0.25) is 5.84 Å². The van der Waals surface area contributed by atoms with Crippen molar-refractivity contribution in [1.82, 2.24) is 5.43 Å². The number of nitrogens with one attached hydrogen (secondary N) is 1. The van der Waals surface area contributed by atoms with Crippen LogP contribution in [0.3, 0.4) is 0 Å². The first-order chi connectivity index (χ1) is 5.27. The summed E-state index contributed by atoms with van der Waals surface area (Å²) in [6, 6.07) is 0. The van der Waals surface area contributed by atoms with Gasteiger partial charge in [0, 0.05) is 12.8 Å². The molecule has 0 aliphatic carbocycles. The van der Waals surface area contributed by atoms with Crippen LogP contribution in [0.15, 0.2) is 12.3 Å². The Balaban J connectivity index is 2.96. The summed E-state index contributed by atoms with van der Waals surface area (Å²) < 4.78 is 5.26. The smallest absolute Gasteiger partial charge is 0.0664 e. The lowest BCUT2D eigenvalue weighted by Gasteiger charge is -2.03. The summed E-state index contributed by atoms with van der Waals surface area (Å²) in [7, 11) is 0. The van der Waals surface area contributed by atoms with Gasteiger partial charge in [0.1, 0.15) is 0 Å². The summed E-state index contributed by atoms with van der Waals surface area (Å²) in [5.41, 5.74) is 2.41. The molecule has 0 rings (SSSR count). The maximum Gasteiger partial charge on any atom is 0.0664 e. The summed E-state index contributed by atoms with van der Waals surface area (Å²) in [5.74, 6) is 5.71. The number of rotatable bonds is 6.